The molecule has 8 heteroatoms. The molecule has 1 aliphatic heterocycles. The van der Waals surface area contributed by atoms with Crippen LogP contribution in [0.3, 0.4) is 0 Å². The minimum atomic E-state index is -0.258. The molecule has 8 nitrogen and oxygen atoms in total. The monoisotopic (exact) mass is 355 g/mol. The Bertz CT molecular complexity index is 1020. The molecule has 1 aromatic carbocycles. The van der Waals surface area contributed by atoms with E-state index in [0.29, 0.717) is 23.5 Å². The van der Waals surface area contributed by atoms with E-state index in [1.807, 2.05) is 39.0 Å². The maximum absolute atomic E-state index is 12.3. The van der Waals surface area contributed by atoms with Gasteiger partial charge in [0.05, 0.1) is 11.7 Å². The highest BCUT2D eigenvalue weighted by Gasteiger charge is 2.20. The third kappa shape index (κ3) is 2.98. The second-order valence-corrected chi connectivity index (χ2v) is 7.24. The smallest absolute Gasteiger partial charge is 0.263 e. The van der Waals surface area contributed by atoms with Crippen LogP contribution < -0.4 is 20.3 Å². The number of fused-ring (bicyclic) bond motifs is 2. The van der Waals surface area contributed by atoms with E-state index in [1.54, 1.807) is 10.9 Å². The second-order valence-electron chi connectivity index (χ2n) is 7.24. The van der Waals surface area contributed by atoms with E-state index in [0.717, 1.165) is 23.5 Å². The third-order valence-electron chi connectivity index (χ3n) is 4.22. The van der Waals surface area contributed by atoms with Crippen LogP contribution in [0.2, 0.25) is 0 Å². The van der Waals surface area contributed by atoms with E-state index < -0.39 is 0 Å². The van der Waals surface area contributed by atoms with Gasteiger partial charge in [0.25, 0.3) is 5.56 Å². The van der Waals surface area contributed by atoms with Gasteiger partial charge in [0.15, 0.2) is 17.1 Å². The molecule has 4 rings (SSSR count). The van der Waals surface area contributed by atoms with E-state index in [9.17, 15) is 4.79 Å². The van der Waals surface area contributed by atoms with Crippen molar-refractivity contribution in [2.45, 2.75) is 32.7 Å². The summed E-state index contributed by atoms with van der Waals surface area (Å²) in [7, 11) is 0. The van der Waals surface area contributed by atoms with Crippen molar-refractivity contribution >= 4 is 17.0 Å². The maximum atomic E-state index is 12.3. The summed E-state index contributed by atoms with van der Waals surface area (Å²) in [5, 5.41) is 7.98. The van der Waals surface area contributed by atoms with Gasteiger partial charge in [-0.2, -0.15) is 10.1 Å². The van der Waals surface area contributed by atoms with Crippen LogP contribution in [0, 0.1) is 0 Å². The Kier molecular flexibility index (Phi) is 3.82. The van der Waals surface area contributed by atoms with Gasteiger partial charge in [-0.25, -0.2) is 4.68 Å². The fourth-order valence-electron chi connectivity index (χ4n) is 2.91. The first kappa shape index (κ1) is 16.4. The second kappa shape index (κ2) is 6.05. The highest BCUT2D eigenvalue weighted by Crippen LogP contribution is 2.32. The standard InChI is InChI=1S/C18H21N5O3/c1-18(2,3)23-15-12(9-20-23)16(24)22-17(21-15)19-7-6-11-4-5-13-14(8-11)26-10-25-13/h4-5,8-9H,6-7,10H2,1-3H3,(H2,19,21,22,24). The van der Waals surface area contributed by atoms with Crippen LogP contribution in [0.25, 0.3) is 11.0 Å². The molecule has 0 saturated heterocycles. The molecule has 0 unspecified atom stereocenters. The number of aromatic amines is 1. The minimum absolute atomic E-state index is 0.198. The SMILES string of the molecule is CC(C)(C)n1ncc2c(=O)[nH]c(NCCc3ccc4c(c3)OCO4)nc21. The third-order valence-corrected chi connectivity index (χ3v) is 4.22. The van der Waals surface area contributed by atoms with Crippen molar-refractivity contribution in [3.05, 3.63) is 40.3 Å². The van der Waals surface area contributed by atoms with Gasteiger partial charge in [0.1, 0.15) is 5.39 Å². The Balaban J connectivity index is 1.51. The summed E-state index contributed by atoms with van der Waals surface area (Å²) in [6.07, 6.45) is 2.32. The first-order chi connectivity index (χ1) is 12.4. The molecule has 0 bridgehead atoms. The Morgan fingerprint density at radius 2 is 2.08 bits per heavy atom. The molecule has 136 valence electrons. The summed E-state index contributed by atoms with van der Waals surface area (Å²) in [5.74, 6) is 1.98. The van der Waals surface area contributed by atoms with Crippen molar-refractivity contribution in [2.24, 2.45) is 0 Å². The van der Waals surface area contributed by atoms with Gasteiger partial charge >= 0.3 is 0 Å². The van der Waals surface area contributed by atoms with Crippen LogP contribution in [0.15, 0.2) is 29.2 Å². The lowest BCUT2D eigenvalue weighted by Gasteiger charge is -2.19. The van der Waals surface area contributed by atoms with E-state index in [2.05, 4.69) is 20.4 Å². The number of nitrogens with zero attached hydrogens (tertiary/aromatic N) is 3. The number of ether oxygens (including phenoxy) is 2. The Hall–Kier alpha value is -3.03. The van der Waals surface area contributed by atoms with Gasteiger partial charge in [-0.05, 0) is 44.9 Å². The summed E-state index contributed by atoms with van der Waals surface area (Å²) in [4.78, 5) is 19.6. The highest BCUT2D eigenvalue weighted by atomic mass is 16.7. The van der Waals surface area contributed by atoms with Crippen molar-refractivity contribution in [2.75, 3.05) is 18.7 Å². The zero-order valence-corrected chi connectivity index (χ0v) is 15.0. The number of H-pyrrole nitrogens is 1. The topological polar surface area (TPSA) is 94.1 Å². The van der Waals surface area contributed by atoms with Crippen molar-refractivity contribution in [1.29, 1.82) is 0 Å². The lowest BCUT2D eigenvalue weighted by Crippen LogP contribution is -2.24. The number of hydrogen-bond acceptors (Lipinski definition) is 6. The molecule has 0 saturated carbocycles. The Morgan fingerprint density at radius 1 is 1.27 bits per heavy atom. The quantitative estimate of drug-likeness (QED) is 0.745. The molecule has 0 fully saturated rings. The maximum Gasteiger partial charge on any atom is 0.263 e. The lowest BCUT2D eigenvalue weighted by atomic mass is 10.1. The summed E-state index contributed by atoms with van der Waals surface area (Å²) in [6.45, 7) is 6.96. The van der Waals surface area contributed by atoms with Crippen LogP contribution in [-0.4, -0.2) is 33.1 Å². The first-order valence-corrected chi connectivity index (χ1v) is 8.53. The molecule has 0 atom stereocenters. The van der Waals surface area contributed by atoms with Gasteiger partial charge < -0.3 is 14.8 Å². The average Bonchev–Trinajstić information content (AvgIpc) is 3.20. The number of aromatic nitrogens is 4. The molecule has 26 heavy (non-hydrogen) atoms. The zero-order chi connectivity index (χ0) is 18.3. The molecule has 2 N–H and O–H groups in total. The number of hydrogen-bond donors (Lipinski definition) is 2. The Morgan fingerprint density at radius 3 is 2.88 bits per heavy atom. The summed E-state index contributed by atoms with van der Waals surface area (Å²) >= 11 is 0. The summed E-state index contributed by atoms with van der Waals surface area (Å²) < 4.78 is 12.5. The normalized spacial score (nSPS) is 13.3. The largest absolute Gasteiger partial charge is 0.454 e. The predicted molar refractivity (Wildman–Crippen MR) is 97.9 cm³/mol. The highest BCUT2D eigenvalue weighted by molar-refractivity contribution is 5.74. The summed E-state index contributed by atoms with van der Waals surface area (Å²) in [5.41, 5.74) is 1.24. The van der Waals surface area contributed by atoms with Crippen LogP contribution >= 0.6 is 0 Å². The zero-order valence-electron chi connectivity index (χ0n) is 15.0. The average molecular weight is 355 g/mol. The van der Waals surface area contributed by atoms with Crippen LogP contribution in [0.5, 0.6) is 11.5 Å². The van der Waals surface area contributed by atoms with Gasteiger partial charge in [-0.3, -0.25) is 9.78 Å². The lowest BCUT2D eigenvalue weighted by molar-refractivity contribution is 0.174. The molecule has 3 heterocycles. The van der Waals surface area contributed by atoms with Crippen molar-refractivity contribution in [3.63, 3.8) is 0 Å². The summed E-state index contributed by atoms with van der Waals surface area (Å²) in [6, 6.07) is 5.88. The number of anilines is 1. The van der Waals surface area contributed by atoms with Crippen molar-refractivity contribution in [3.8, 4) is 11.5 Å². The van der Waals surface area contributed by atoms with Crippen LogP contribution in [0.4, 0.5) is 5.95 Å². The van der Waals surface area contributed by atoms with Crippen molar-refractivity contribution < 1.29 is 9.47 Å². The van der Waals surface area contributed by atoms with E-state index >= 15 is 0 Å². The molecule has 1 aliphatic rings. The fraction of sp³-hybridized carbons (Fsp3) is 0.389. The number of benzene rings is 1. The van der Waals surface area contributed by atoms with Crippen molar-refractivity contribution in [1.82, 2.24) is 19.7 Å². The fourth-order valence-corrected chi connectivity index (χ4v) is 2.91. The minimum Gasteiger partial charge on any atom is -0.454 e. The molecule has 0 aliphatic carbocycles. The van der Waals surface area contributed by atoms with Crippen LogP contribution in [-0.2, 0) is 12.0 Å². The molecule has 3 aromatic rings. The Labute approximate surface area is 150 Å². The van der Waals surface area contributed by atoms with E-state index in [-0.39, 0.29) is 17.9 Å². The van der Waals surface area contributed by atoms with Gasteiger partial charge in [-0.15, -0.1) is 0 Å². The predicted octanol–water partition coefficient (Wildman–Crippen LogP) is 2.26. The van der Waals surface area contributed by atoms with Gasteiger partial charge in [0.2, 0.25) is 12.7 Å². The number of rotatable bonds is 4. The van der Waals surface area contributed by atoms with Gasteiger partial charge in [0, 0.05) is 6.54 Å². The molecular weight excluding hydrogens is 334 g/mol. The molecule has 0 spiro atoms. The van der Waals surface area contributed by atoms with Gasteiger partial charge in [-0.1, -0.05) is 6.07 Å². The van der Waals surface area contributed by atoms with E-state index in [1.165, 1.54) is 0 Å². The molecule has 0 amide bonds. The molecular formula is C18H21N5O3. The molecule has 0 radical (unpaired) electrons. The van der Waals surface area contributed by atoms with E-state index in [4.69, 9.17) is 9.47 Å². The van der Waals surface area contributed by atoms with Crippen LogP contribution in [0.1, 0.15) is 26.3 Å². The molecule has 2 aromatic heterocycles. The first-order valence-electron chi connectivity index (χ1n) is 8.53. The number of nitrogens with one attached hydrogen (secondary N) is 2.